The number of benzene rings is 1. The molecule has 1 fully saturated rings. The van der Waals surface area contributed by atoms with Crippen LogP contribution in [0, 0.1) is 10.1 Å². The second-order valence-corrected chi connectivity index (χ2v) is 7.68. The molecule has 1 aliphatic rings. The van der Waals surface area contributed by atoms with Gasteiger partial charge in [-0.2, -0.15) is 0 Å². The molecule has 0 aromatic heterocycles. The van der Waals surface area contributed by atoms with Crippen LogP contribution < -0.4 is 5.30 Å². The van der Waals surface area contributed by atoms with E-state index in [0.717, 1.165) is 5.30 Å². The SMILES string of the molecule is CCC1([N+](=O)[O-])COP(=S)(c2ccccc2)OC1. The molecule has 0 unspecified atom stereocenters. The van der Waals surface area contributed by atoms with Crippen LogP contribution in [0.25, 0.3) is 0 Å². The third kappa shape index (κ3) is 2.34. The van der Waals surface area contributed by atoms with Gasteiger partial charge in [0.2, 0.25) is 6.49 Å². The van der Waals surface area contributed by atoms with Gasteiger partial charge in [0.05, 0.1) is 0 Å². The van der Waals surface area contributed by atoms with Gasteiger partial charge < -0.3 is 9.05 Å². The van der Waals surface area contributed by atoms with Gasteiger partial charge in [-0.1, -0.05) is 25.1 Å². The highest BCUT2D eigenvalue weighted by Crippen LogP contribution is 2.52. The van der Waals surface area contributed by atoms with Gasteiger partial charge in [0.15, 0.2) is 0 Å². The standard InChI is InChI=1S/C11H14NO4PS/c1-2-11(12(13)14)8-15-17(18,16-9-11)10-6-4-3-5-7-10/h3-7H,2,8-9H2,1H3. The molecule has 0 N–H and O–H groups in total. The van der Waals surface area contributed by atoms with E-state index in [1.165, 1.54) is 0 Å². The molecule has 2 rings (SSSR count). The fourth-order valence-corrected chi connectivity index (χ4v) is 4.10. The first kappa shape index (κ1) is 13.6. The predicted octanol–water partition coefficient (Wildman–Crippen LogP) is 2.09. The third-order valence-corrected chi connectivity index (χ3v) is 6.26. The molecule has 1 aromatic rings. The fourth-order valence-electron chi connectivity index (χ4n) is 1.69. The van der Waals surface area contributed by atoms with E-state index < -0.39 is 12.0 Å². The summed E-state index contributed by atoms with van der Waals surface area (Å²) in [5, 5.41) is 11.9. The van der Waals surface area contributed by atoms with Crippen molar-refractivity contribution in [3.05, 3.63) is 40.4 Å². The fraction of sp³-hybridized carbons (Fsp3) is 0.455. The second-order valence-electron chi connectivity index (χ2n) is 4.21. The maximum atomic E-state index is 11.1. The van der Waals surface area contributed by atoms with Crippen molar-refractivity contribution in [1.82, 2.24) is 0 Å². The van der Waals surface area contributed by atoms with Crippen molar-refractivity contribution in [3.63, 3.8) is 0 Å². The van der Waals surface area contributed by atoms with E-state index in [2.05, 4.69) is 0 Å². The monoisotopic (exact) mass is 287 g/mol. The first-order valence-electron chi connectivity index (χ1n) is 5.62. The Bertz CT molecular complexity index is 481. The average Bonchev–Trinajstić information content (AvgIpc) is 2.41. The molecule has 1 heterocycles. The van der Waals surface area contributed by atoms with E-state index in [1.807, 2.05) is 30.3 Å². The van der Waals surface area contributed by atoms with Crippen LogP contribution in [0.2, 0.25) is 0 Å². The first-order chi connectivity index (χ1) is 8.52. The number of nitro groups is 1. The first-order valence-corrected chi connectivity index (χ1v) is 8.25. The van der Waals surface area contributed by atoms with Crippen LogP contribution in [0.3, 0.4) is 0 Å². The summed E-state index contributed by atoms with van der Waals surface area (Å²) in [6.45, 7) is -0.780. The smallest absolute Gasteiger partial charge is 0.268 e. The van der Waals surface area contributed by atoms with Crippen LogP contribution >= 0.6 is 6.49 Å². The van der Waals surface area contributed by atoms with E-state index in [-0.39, 0.29) is 18.1 Å². The Balaban J connectivity index is 2.20. The minimum Gasteiger partial charge on any atom is -0.318 e. The van der Waals surface area contributed by atoms with E-state index >= 15 is 0 Å². The minimum atomic E-state index is -2.57. The molecule has 0 saturated carbocycles. The van der Waals surface area contributed by atoms with Gasteiger partial charge in [-0.05, 0) is 23.9 Å². The van der Waals surface area contributed by atoms with Crippen molar-refractivity contribution >= 4 is 23.6 Å². The van der Waals surface area contributed by atoms with Crippen molar-refractivity contribution in [1.29, 1.82) is 0 Å². The molecular formula is C11H14NO4PS. The van der Waals surface area contributed by atoms with Crippen molar-refractivity contribution in [3.8, 4) is 0 Å². The van der Waals surface area contributed by atoms with Crippen LogP contribution in [0.1, 0.15) is 13.3 Å². The molecule has 1 saturated heterocycles. The summed E-state index contributed by atoms with van der Waals surface area (Å²) in [6.07, 6.45) is 0.365. The molecule has 0 aliphatic carbocycles. The van der Waals surface area contributed by atoms with Crippen molar-refractivity contribution in [2.24, 2.45) is 0 Å². The minimum absolute atomic E-state index is 0.0165. The van der Waals surface area contributed by atoms with Crippen molar-refractivity contribution < 1.29 is 14.0 Å². The number of rotatable bonds is 3. The normalized spacial score (nSPS) is 32.1. The topological polar surface area (TPSA) is 61.6 Å². The maximum Gasteiger partial charge on any atom is 0.268 e. The van der Waals surface area contributed by atoms with E-state index in [1.54, 1.807) is 6.92 Å². The second kappa shape index (κ2) is 5.05. The molecule has 98 valence electrons. The van der Waals surface area contributed by atoms with Crippen LogP contribution in [0.4, 0.5) is 0 Å². The average molecular weight is 287 g/mol. The van der Waals surface area contributed by atoms with Gasteiger partial charge in [-0.15, -0.1) is 0 Å². The predicted molar refractivity (Wildman–Crippen MR) is 72.3 cm³/mol. The Morgan fingerprint density at radius 2 is 1.94 bits per heavy atom. The summed E-state index contributed by atoms with van der Waals surface area (Å²) in [4.78, 5) is 10.8. The largest absolute Gasteiger partial charge is 0.318 e. The molecule has 1 aliphatic heterocycles. The Labute approximate surface area is 110 Å². The molecule has 18 heavy (non-hydrogen) atoms. The zero-order valence-electron chi connectivity index (χ0n) is 9.94. The molecule has 7 heteroatoms. The highest BCUT2D eigenvalue weighted by molar-refractivity contribution is 8.13. The summed E-state index contributed by atoms with van der Waals surface area (Å²) >= 11 is 5.40. The van der Waals surface area contributed by atoms with Crippen molar-refractivity contribution in [2.75, 3.05) is 13.2 Å². The summed E-state index contributed by atoms with van der Waals surface area (Å²) in [5.74, 6) is 0. The Morgan fingerprint density at radius 1 is 1.39 bits per heavy atom. The van der Waals surface area contributed by atoms with Gasteiger partial charge in [0.1, 0.15) is 13.2 Å². The Morgan fingerprint density at radius 3 is 2.39 bits per heavy atom. The molecule has 0 atom stereocenters. The van der Waals surface area contributed by atoms with E-state index in [9.17, 15) is 10.1 Å². The lowest BCUT2D eigenvalue weighted by Gasteiger charge is -2.34. The molecule has 5 nitrogen and oxygen atoms in total. The molecule has 0 amide bonds. The summed E-state index contributed by atoms with van der Waals surface area (Å²) in [7, 11) is 0. The molecule has 0 spiro atoms. The number of nitrogens with zero attached hydrogens (tertiary/aromatic N) is 1. The van der Waals surface area contributed by atoms with Gasteiger partial charge in [0, 0.05) is 16.6 Å². The van der Waals surface area contributed by atoms with Gasteiger partial charge in [-0.3, -0.25) is 10.1 Å². The Hall–Kier alpha value is -0.810. The number of hydrogen-bond acceptors (Lipinski definition) is 5. The van der Waals surface area contributed by atoms with Gasteiger partial charge >= 0.3 is 0 Å². The van der Waals surface area contributed by atoms with E-state index in [4.69, 9.17) is 20.9 Å². The third-order valence-electron chi connectivity index (χ3n) is 3.12. The summed E-state index contributed by atoms with van der Waals surface area (Å²) < 4.78 is 11.2. The summed E-state index contributed by atoms with van der Waals surface area (Å²) in [5.41, 5.74) is -1.16. The molecule has 0 bridgehead atoms. The molecule has 1 aromatic carbocycles. The zero-order valence-corrected chi connectivity index (χ0v) is 11.7. The van der Waals surface area contributed by atoms with Crippen molar-refractivity contribution in [2.45, 2.75) is 18.9 Å². The van der Waals surface area contributed by atoms with Crippen LogP contribution in [0.5, 0.6) is 0 Å². The number of hydrogen-bond donors (Lipinski definition) is 0. The Kier molecular flexibility index (Phi) is 3.82. The van der Waals surface area contributed by atoms with Crippen LogP contribution in [-0.2, 0) is 20.9 Å². The van der Waals surface area contributed by atoms with Crippen LogP contribution in [0.15, 0.2) is 30.3 Å². The van der Waals surface area contributed by atoms with Crippen LogP contribution in [-0.4, -0.2) is 23.7 Å². The summed E-state index contributed by atoms with van der Waals surface area (Å²) in [6, 6.07) is 9.26. The highest BCUT2D eigenvalue weighted by atomic mass is 32.5. The lowest BCUT2D eigenvalue weighted by molar-refractivity contribution is -0.578. The molecule has 0 radical (unpaired) electrons. The zero-order chi connectivity index (χ0) is 13.2. The highest BCUT2D eigenvalue weighted by Gasteiger charge is 2.48. The lowest BCUT2D eigenvalue weighted by atomic mass is 10.0. The van der Waals surface area contributed by atoms with E-state index in [0.29, 0.717) is 6.42 Å². The molecular weight excluding hydrogens is 273 g/mol. The lowest BCUT2D eigenvalue weighted by Crippen LogP contribution is -2.49. The quantitative estimate of drug-likeness (QED) is 0.484. The maximum absolute atomic E-state index is 11.1. The van der Waals surface area contributed by atoms with Gasteiger partial charge in [0.25, 0.3) is 5.54 Å². The van der Waals surface area contributed by atoms with Gasteiger partial charge in [-0.25, -0.2) is 0 Å².